The van der Waals surface area contributed by atoms with Crippen LogP contribution in [0.3, 0.4) is 0 Å². The molecule has 2 heterocycles. The Morgan fingerprint density at radius 1 is 1.33 bits per heavy atom. The Morgan fingerprint density at radius 2 is 2.21 bits per heavy atom. The Bertz CT molecular complexity index is 736. The molecular formula is C17H23N5O2. The summed E-state index contributed by atoms with van der Waals surface area (Å²) in [6.45, 7) is 2.69. The molecule has 2 aromatic rings. The average Bonchev–Trinajstić information content (AvgIpc) is 3.02. The predicted octanol–water partition coefficient (Wildman–Crippen LogP) is 0.990. The van der Waals surface area contributed by atoms with E-state index in [0.717, 1.165) is 25.9 Å². The lowest BCUT2D eigenvalue weighted by Gasteiger charge is -2.31. The Kier molecular flexibility index (Phi) is 5.30. The number of hydrogen-bond donors (Lipinski definition) is 3. The lowest BCUT2D eigenvalue weighted by Crippen LogP contribution is -2.33. The predicted molar refractivity (Wildman–Crippen MR) is 92.1 cm³/mol. The zero-order valence-corrected chi connectivity index (χ0v) is 13.7. The van der Waals surface area contributed by atoms with Crippen molar-refractivity contribution >= 4 is 11.6 Å². The van der Waals surface area contributed by atoms with Crippen LogP contribution in [0.4, 0.5) is 5.69 Å². The quantitative estimate of drug-likeness (QED) is 0.660. The largest absolute Gasteiger partial charge is 0.371 e. The van der Waals surface area contributed by atoms with Gasteiger partial charge in [-0.2, -0.15) is 5.10 Å². The number of anilines is 1. The fourth-order valence-electron chi connectivity index (χ4n) is 3.09. The third-order valence-corrected chi connectivity index (χ3v) is 4.27. The van der Waals surface area contributed by atoms with Crippen LogP contribution in [0.15, 0.2) is 29.1 Å². The van der Waals surface area contributed by atoms with Gasteiger partial charge in [0.15, 0.2) is 0 Å². The zero-order valence-electron chi connectivity index (χ0n) is 13.7. The normalized spacial score (nSPS) is 13.6. The van der Waals surface area contributed by atoms with Gasteiger partial charge in [0.05, 0.1) is 0 Å². The SMILES string of the molecule is O=C(CCc1n[nH]c(=O)[nH]1)NCCCN1CCCc2ccccc21. The molecule has 128 valence electrons. The first-order chi connectivity index (χ1) is 11.7. The van der Waals surface area contributed by atoms with E-state index < -0.39 is 0 Å². The first kappa shape index (κ1) is 16.3. The van der Waals surface area contributed by atoms with Gasteiger partial charge in [-0.3, -0.25) is 9.78 Å². The molecule has 7 nitrogen and oxygen atoms in total. The summed E-state index contributed by atoms with van der Waals surface area (Å²) < 4.78 is 0. The molecule has 1 amide bonds. The van der Waals surface area contributed by atoms with Crippen LogP contribution < -0.4 is 15.9 Å². The van der Waals surface area contributed by atoms with Gasteiger partial charge < -0.3 is 10.2 Å². The van der Waals surface area contributed by atoms with Gasteiger partial charge in [0.25, 0.3) is 0 Å². The summed E-state index contributed by atoms with van der Waals surface area (Å²) >= 11 is 0. The van der Waals surface area contributed by atoms with E-state index in [-0.39, 0.29) is 11.6 Å². The van der Waals surface area contributed by atoms with Crippen molar-refractivity contribution in [2.75, 3.05) is 24.5 Å². The van der Waals surface area contributed by atoms with Crippen LogP contribution in [0.5, 0.6) is 0 Å². The maximum atomic E-state index is 11.8. The first-order valence-electron chi connectivity index (χ1n) is 8.45. The van der Waals surface area contributed by atoms with E-state index in [4.69, 9.17) is 0 Å². The second kappa shape index (κ2) is 7.81. The summed E-state index contributed by atoms with van der Waals surface area (Å²) in [4.78, 5) is 27.7. The number of fused-ring (bicyclic) bond motifs is 1. The van der Waals surface area contributed by atoms with Gasteiger partial charge in [-0.05, 0) is 30.9 Å². The molecular weight excluding hydrogens is 306 g/mol. The number of aromatic amines is 2. The van der Waals surface area contributed by atoms with Gasteiger partial charge in [0, 0.05) is 38.2 Å². The van der Waals surface area contributed by atoms with Crippen LogP contribution in [-0.2, 0) is 17.6 Å². The maximum absolute atomic E-state index is 11.8. The number of aromatic nitrogens is 3. The standard InChI is InChI=1S/C17H23N5O2/c23-16(9-8-15-19-17(24)21-20-15)18-10-4-12-22-11-3-6-13-5-1-2-7-14(13)22/h1-2,5,7H,3-4,6,8-12H2,(H,18,23)(H2,19,20,21,24). The van der Waals surface area contributed by atoms with Gasteiger partial charge in [-0.1, -0.05) is 18.2 Å². The van der Waals surface area contributed by atoms with Crippen molar-refractivity contribution in [2.45, 2.75) is 32.1 Å². The Balaban J connectivity index is 1.37. The topological polar surface area (TPSA) is 93.9 Å². The van der Waals surface area contributed by atoms with Crippen molar-refractivity contribution in [3.8, 4) is 0 Å². The Hall–Kier alpha value is -2.57. The number of para-hydroxylation sites is 1. The molecule has 0 aliphatic carbocycles. The van der Waals surface area contributed by atoms with Crippen LogP contribution in [0.25, 0.3) is 0 Å². The van der Waals surface area contributed by atoms with Crippen LogP contribution in [-0.4, -0.2) is 40.7 Å². The summed E-state index contributed by atoms with van der Waals surface area (Å²) in [7, 11) is 0. The smallest absolute Gasteiger partial charge is 0.340 e. The van der Waals surface area contributed by atoms with Crippen molar-refractivity contribution in [2.24, 2.45) is 0 Å². The van der Waals surface area contributed by atoms with E-state index >= 15 is 0 Å². The molecule has 0 fully saturated rings. The van der Waals surface area contributed by atoms with Crippen LogP contribution in [0, 0.1) is 0 Å². The Labute approximate surface area is 140 Å². The molecule has 0 spiro atoms. The van der Waals surface area contributed by atoms with Crippen molar-refractivity contribution in [3.63, 3.8) is 0 Å². The minimum atomic E-state index is -0.341. The van der Waals surface area contributed by atoms with E-state index in [9.17, 15) is 9.59 Å². The number of amides is 1. The number of benzene rings is 1. The van der Waals surface area contributed by atoms with E-state index in [0.29, 0.717) is 25.2 Å². The van der Waals surface area contributed by atoms with Crippen LogP contribution in [0.1, 0.15) is 30.7 Å². The highest BCUT2D eigenvalue weighted by Crippen LogP contribution is 2.26. The lowest BCUT2D eigenvalue weighted by molar-refractivity contribution is -0.121. The number of aryl methyl sites for hydroxylation is 2. The highest BCUT2D eigenvalue weighted by atomic mass is 16.2. The van der Waals surface area contributed by atoms with Crippen LogP contribution >= 0.6 is 0 Å². The number of hydrogen-bond acceptors (Lipinski definition) is 4. The first-order valence-corrected chi connectivity index (χ1v) is 8.45. The summed E-state index contributed by atoms with van der Waals surface area (Å²) in [5, 5.41) is 9.01. The monoisotopic (exact) mass is 329 g/mol. The summed E-state index contributed by atoms with van der Waals surface area (Å²) in [5.41, 5.74) is 2.41. The number of nitrogens with one attached hydrogen (secondary N) is 3. The number of rotatable bonds is 7. The van der Waals surface area contributed by atoms with Gasteiger partial charge in [0.1, 0.15) is 5.82 Å². The molecule has 0 unspecified atom stereocenters. The number of H-pyrrole nitrogens is 2. The van der Waals surface area contributed by atoms with Gasteiger partial charge >= 0.3 is 5.69 Å². The summed E-state index contributed by atoms with van der Waals surface area (Å²) in [5.74, 6) is 0.498. The lowest BCUT2D eigenvalue weighted by atomic mass is 10.0. The molecule has 1 aromatic carbocycles. The maximum Gasteiger partial charge on any atom is 0.340 e. The molecule has 0 atom stereocenters. The highest BCUT2D eigenvalue weighted by molar-refractivity contribution is 5.75. The molecule has 7 heteroatoms. The summed E-state index contributed by atoms with van der Waals surface area (Å²) in [6.07, 6.45) is 4.01. The average molecular weight is 329 g/mol. The van der Waals surface area contributed by atoms with Crippen molar-refractivity contribution < 1.29 is 4.79 Å². The summed E-state index contributed by atoms with van der Waals surface area (Å²) in [6, 6.07) is 8.55. The van der Waals surface area contributed by atoms with E-state index in [1.807, 2.05) is 0 Å². The Morgan fingerprint density at radius 3 is 3.04 bits per heavy atom. The van der Waals surface area contributed by atoms with E-state index in [2.05, 4.69) is 49.7 Å². The molecule has 3 N–H and O–H groups in total. The molecule has 0 radical (unpaired) electrons. The molecule has 1 aliphatic rings. The van der Waals surface area contributed by atoms with Gasteiger partial charge in [-0.25, -0.2) is 9.89 Å². The van der Waals surface area contributed by atoms with Crippen molar-refractivity contribution in [1.82, 2.24) is 20.5 Å². The zero-order chi connectivity index (χ0) is 16.8. The fourth-order valence-corrected chi connectivity index (χ4v) is 3.09. The number of nitrogens with zero attached hydrogens (tertiary/aromatic N) is 2. The molecule has 0 saturated heterocycles. The van der Waals surface area contributed by atoms with Crippen LogP contribution in [0.2, 0.25) is 0 Å². The highest BCUT2D eigenvalue weighted by Gasteiger charge is 2.15. The third kappa shape index (κ3) is 4.24. The molecule has 1 aromatic heterocycles. The van der Waals surface area contributed by atoms with Crippen molar-refractivity contribution in [1.29, 1.82) is 0 Å². The van der Waals surface area contributed by atoms with E-state index in [1.54, 1.807) is 0 Å². The molecule has 3 rings (SSSR count). The third-order valence-electron chi connectivity index (χ3n) is 4.27. The minimum absolute atomic E-state index is 0.0158. The number of carbonyl (C=O) groups is 1. The van der Waals surface area contributed by atoms with E-state index in [1.165, 1.54) is 17.7 Å². The fraction of sp³-hybridized carbons (Fsp3) is 0.471. The second-order valence-electron chi connectivity index (χ2n) is 6.05. The molecule has 24 heavy (non-hydrogen) atoms. The van der Waals surface area contributed by atoms with Gasteiger partial charge in [0.2, 0.25) is 5.91 Å². The van der Waals surface area contributed by atoms with Gasteiger partial charge in [-0.15, -0.1) is 0 Å². The van der Waals surface area contributed by atoms with Crippen molar-refractivity contribution in [3.05, 3.63) is 46.1 Å². The molecule has 0 bridgehead atoms. The minimum Gasteiger partial charge on any atom is -0.371 e. The number of carbonyl (C=O) groups excluding carboxylic acids is 1. The molecule has 1 aliphatic heterocycles. The second-order valence-corrected chi connectivity index (χ2v) is 6.05. The molecule has 0 saturated carbocycles.